The van der Waals surface area contributed by atoms with Gasteiger partial charge < -0.3 is 10.5 Å². The Kier molecular flexibility index (Phi) is 7.00. The molecular weight excluding hydrogens is 154 g/mol. The molecule has 0 radical (unpaired) electrons. The minimum absolute atomic E-state index is 0.179. The second kappa shape index (κ2) is 7.25. The summed E-state index contributed by atoms with van der Waals surface area (Å²) in [4.78, 5) is 11.1. The van der Waals surface area contributed by atoms with Gasteiger partial charge in [-0.1, -0.05) is 20.3 Å². The van der Waals surface area contributed by atoms with E-state index >= 15 is 0 Å². The van der Waals surface area contributed by atoms with Crippen LogP contribution in [0, 0.1) is 5.92 Å². The summed E-state index contributed by atoms with van der Waals surface area (Å²) in [6.07, 6.45) is 1.67. The molecule has 0 spiro atoms. The van der Waals surface area contributed by atoms with Crippen LogP contribution in [0.25, 0.3) is 0 Å². The van der Waals surface area contributed by atoms with Crippen LogP contribution >= 0.6 is 0 Å². The summed E-state index contributed by atoms with van der Waals surface area (Å²) in [6.45, 7) is 5.34. The van der Waals surface area contributed by atoms with Crippen molar-refractivity contribution in [3.63, 3.8) is 0 Å². The van der Waals surface area contributed by atoms with Gasteiger partial charge in [-0.05, 0) is 5.92 Å². The number of nitrogens with two attached hydrogens (primary N) is 1. The van der Waals surface area contributed by atoms with Gasteiger partial charge in [-0.2, -0.15) is 0 Å². The highest BCUT2D eigenvalue weighted by molar-refractivity contribution is 5.79. The number of ketones is 1. The van der Waals surface area contributed by atoms with E-state index in [-0.39, 0.29) is 12.4 Å². The molecule has 3 nitrogen and oxygen atoms in total. The van der Waals surface area contributed by atoms with Crippen molar-refractivity contribution < 1.29 is 9.53 Å². The van der Waals surface area contributed by atoms with Crippen LogP contribution in [0.4, 0.5) is 0 Å². The third-order valence-electron chi connectivity index (χ3n) is 1.80. The van der Waals surface area contributed by atoms with Crippen LogP contribution in [0.2, 0.25) is 0 Å². The number of Topliss-reactive ketones (excluding diaryl/α,β-unsaturated/α-hetero) is 1. The number of carbonyl (C=O) groups is 1. The molecule has 0 heterocycles. The van der Waals surface area contributed by atoms with Crippen LogP contribution in [0.15, 0.2) is 0 Å². The summed E-state index contributed by atoms with van der Waals surface area (Å²) >= 11 is 0. The molecule has 0 aliphatic rings. The zero-order valence-electron chi connectivity index (χ0n) is 8.01. The molecule has 3 heteroatoms. The van der Waals surface area contributed by atoms with Crippen LogP contribution in [-0.4, -0.2) is 25.5 Å². The minimum atomic E-state index is 0.179. The van der Waals surface area contributed by atoms with Crippen molar-refractivity contribution in [2.75, 3.05) is 19.8 Å². The van der Waals surface area contributed by atoms with Crippen molar-refractivity contribution in [1.82, 2.24) is 0 Å². The lowest BCUT2D eigenvalue weighted by molar-refractivity contribution is -0.124. The summed E-state index contributed by atoms with van der Waals surface area (Å²) in [7, 11) is 0. The average Bonchev–Trinajstić information content (AvgIpc) is 2.05. The minimum Gasteiger partial charge on any atom is -0.372 e. The summed E-state index contributed by atoms with van der Waals surface area (Å²) in [5.74, 6) is 0.650. The molecule has 0 aliphatic carbocycles. The van der Waals surface area contributed by atoms with E-state index in [0.29, 0.717) is 25.5 Å². The van der Waals surface area contributed by atoms with Gasteiger partial charge in [0, 0.05) is 13.0 Å². The number of hydrogen-bond donors (Lipinski definition) is 1. The quantitative estimate of drug-likeness (QED) is 0.583. The van der Waals surface area contributed by atoms with Crippen molar-refractivity contribution in [1.29, 1.82) is 0 Å². The first-order chi connectivity index (χ1) is 5.70. The fraction of sp³-hybridized carbons (Fsp3) is 0.889. The van der Waals surface area contributed by atoms with Gasteiger partial charge >= 0.3 is 0 Å². The molecule has 0 aromatic rings. The van der Waals surface area contributed by atoms with E-state index < -0.39 is 0 Å². The molecule has 0 rings (SSSR count). The first-order valence-corrected chi connectivity index (χ1v) is 4.50. The largest absolute Gasteiger partial charge is 0.372 e. The van der Waals surface area contributed by atoms with E-state index in [9.17, 15) is 4.79 Å². The molecule has 0 aliphatic heterocycles. The second-order valence-corrected chi connectivity index (χ2v) is 3.10. The van der Waals surface area contributed by atoms with Crippen LogP contribution in [0.3, 0.4) is 0 Å². The Morgan fingerprint density at radius 1 is 1.58 bits per heavy atom. The highest BCUT2D eigenvalue weighted by Gasteiger charge is 2.06. The second-order valence-electron chi connectivity index (χ2n) is 3.10. The molecule has 72 valence electrons. The molecule has 0 aromatic heterocycles. The number of hydrogen-bond acceptors (Lipinski definition) is 3. The average molecular weight is 173 g/mol. The fourth-order valence-corrected chi connectivity index (χ4v) is 0.861. The standard InChI is InChI=1S/C9H19NO2/c1-3-8(2)6-9(11)7-12-5-4-10/h8H,3-7,10H2,1-2H3. The fourth-order valence-electron chi connectivity index (χ4n) is 0.861. The number of rotatable bonds is 7. The summed E-state index contributed by atoms with van der Waals surface area (Å²) in [6, 6.07) is 0. The molecule has 1 atom stereocenters. The Balaban J connectivity index is 3.33. The molecule has 0 bridgehead atoms. The highest BCUT2D eigenvalue weighted by atomic mass is 16.5. The molecule has 0 fully saturated rings. The summed E-state index contributed by atoms with van der Waals surface area (Å²) in [5.41, 5.74) is 5.21. The predicted octanol–water partition coefficient (Wildman–Crippen LogP) is 0.967. The Hall–Kier alpha value is -0.410. The van der Waals surface area contributed by atoms with E-state index in [1.165, 1.54) is 0 Å². The molecule has 0 amide bonds. The lowest BCUT2D eigenvalue weighted by Crippen LogP contribution is -2.16. The van der Waals surface area contributed by atoms with Gasteiger partial charge in [0.2, 0.25) is 0 Å². The van der Waals surface area contributed by atoms with E-state index in [4.69, 9.17) is 10.5 Å². The van der Waals surface area contributed by atoms with E-state index in [2.05, 4.69) is 13.8 Å². The topological polar surface area (TPSA) is 52.3 Å². The predicted molar refractivity (Wildman–Crippen MR) is 49.0 cm³/mol. The van der Waals surface area contributed by atoms with Gasteiger partial charge in [-0.15, -0.1) is 0 Å². The van der Waals surface area contributed by atoms with Crippen LogP contribution in [0.1, 0.15) is 26.7 Å². The number of ether oxygens (including phenoxy) is 1. The third-order valence-corrected chi connectivity index (χ3v) is 1.80. The maximum Gasteiger partial charge on any atom is 0.158 e. The molecule has 0 aromatic carbocycles. The highest BCUT2D eigenvalue weighted by Crippen LogP contribution is 2.06. The normalized spacial score (nSPS) is 12.9. The first-order valence-electron chi connectivity index (χ1n) is 4.50. The van der Waals surface area contributed by atoms with Gasteiger partial charge in [-0.3, -0.25) is 4.79 Å². The molecule has 12 heavy (non-hydrogen) atoms. The van der Waals surface area contributed by atoms with Crippen LogP contribution in [0.5, 0.6) is 0 Å². The van der Waals surface area contributed by atoms with E-state index in [1.807, 2.05) is 0 Å². The van der Waals surface area contributed by atoms with E-state index in [0.717, 1.165) is 6.42 Å². The smallest absolute Gasteiger partial charge is 0.158 e. The SMILES string of the molecule is CCC(C)CC(=O)COCCN. The lowest BCUT2D eigenvalue weighted by Gasteiger charge is -2.06. The van der Waals surface area contributed by atoms with Gasteiger partial charge in [-0.25, -0.2) is 0 Å². The van der Waals surface area contributed by atoms with Crippen LogP contribution < -0.4 is 5.73 Å². The first kappa shape index (κ1) is 11.6. The summed E-state index contributed by atoms with van der Waals surface area (Å²) in [5, 5.41) is 0. The molecule has 0 saturated carbocycles. The Bertz CT molecular complexity index is 126. The third kappa shape index (κ3) is 6.31. The molecule has 1 unspecified atom stereocenters. The van der Waals surface area contributed by atoms with Gasteiger partial charge in [0.05, 0.1) is 6.61 Å². The maximum absolute atomic E-state index is 11.1. The van der Waals surface area contributed by atoms with E-state index in [1.54, 1.807) is 0 Å². The molecule has 2 N–H and O–H groups in total. The number of carbonyl (C=O) groups excluding carboxylic acids is 1. The van der Waals surface area contributed by atoms with Gasteiger partial charge in [0.1, 0.15) is 6.61 Å². The van der Waals surface area contributed by atoms with Crippen molar-refractivity contribution in [2.24, 2.45) is 11.7 Å². The Morgan fingerprint density at radius 3 is 2.75 bits per heavy atom. The van der Waals surface area contributed by atoms with Gasteiger partial charge in [0.15, 0.2) is 5.78 Å². The molecule has 0 saturated heterocycles. The Morgan fingerprint density at radius 2 is 2.25 bits per heavy atom. The summed E-state index contributed by atoms with van der Waals surface area (Å²) < 4.78 is 5.02. The lowest BCUT2D eigenvalue weighted by atomic mass is 10.0. The van der Waals surface area contributed by atoms with Crippen molar-refractivity contribution in [3.05, 3.63) is 0 Å². The van der Waals surface area contributed by atoms with Gasteiger partial charge in [0.25, 0.3) is 0 Å². The zero-order chi connectivity index (χ0) is 9.40. The van der Waals surface area contributed by atoms with Crippen LogP contribution in [-0.2, 0) is 9.53 Å². The maximum atomic E-state index is 11.1. The van der Waals surface area contributed by atoms with Crippen molar-refractivity contribution in [3.8, 4) is 0 Å². The van der Waals surface area contributed by atoms with Crippen molar-refractivity contribution in [2.45, 2.75) is 26.7 Å². The Labute approximate surface area is 74.3 Å². The molecular formula is C9H19NO2. The van der Waals surface area contributed by atoms with Crippen molar-refractivity contribution >= 4 is 5.78 Å². The monoisotopic (exact) mass is 173 g/mol. The zero-order valence-corrected chi connectivity index (χ0v) is 8.01.